The van der Waals surface area contributed by atoms with Gasteiger partial charge in [0.15, 0.2) is 0 Å². The van der Waals surface area contributed by atoms with Gasteiger partial charge >= 0.3 is 0 Å². The van der Waals surface area contributed by atoms with Gasteiger partial charge in [-0.25, -0.2) is 0 Å². The third kappa shape index (κ3) is 4.53. The molecule has 8 heteroatoms. The Hall–Kier alpha value is -3.68. The highest BCUT2D eigenvalue weighted by atomic mass is 16.2. The number of nitrogens with one attached hydrogen (secondary N) is 3. The lowest BCUT2D eigenvalue weighted by atomic mass is 10.0. The number of fused-ring (bicyclic) bond motifs is 1. The molecule has 3 aliphatic rings. The molecule has 3 N–H and O–H groups in total. The molecule has 2 aromatic rings. The van der Waals surface area contributed by atoms with E-state index < -0.39 is 6.04 Å². The molecular formula is C26H28N4O4. The van der Waals surface area contributed by atoms with Gasteiger partial charge < -0.3 is 20.9 Å². The van der Waals surface area contributed by atoms with Crippen LogP contribution in [0.4, 0.5) is 5.69 Å². The molecule has 0 unspecified atom stereocenters. The van der Waals surface area contributed by atoms with E-state index in [2.05, 4.69) is 16.0 Å². The molecule has 0 aromatic heterocycles. The van der Waals surface area contributed by atoms with Crippen LogP contribution in [0.3, 0.4) is 0 Å². The Kier molecular flexibility index (Phi) is 5.81. The highest BCUT2D eigenvalue weighted by molar-refractivity contribution is 6.05. The summed E-state index contributed by atoms with van der Waals surface area (Å²) in [6.07, 6.45) is 3.69. The minimum atomic E-state index is -0.695. The molecule has 5 rings (SSSR count). The standard InChI is InChI=1S/C26H28N4O4/c1-15(16-8-10-18(11-9-16)29-24(32)17-6-7-17)28-22(31)14-27-25(33)23-20-4-2-3-5-21(20)26(34)30(23)19-12-13-19/h2-5,8-11,15,17,19,23H,6-7,12-14H2,1H3,(H,27,33)(H,28,31)(H,29,32)/t15-,23+/m1/s1. The first-order valence-electron chi connectivity index (χ1n) is 11.8. The number of hydrogen-bond acceptors (Lipinski definition) is 4. The van der Waals surface area contributed by atoms with Gasteiger partial charge in [0.05, 0.1) is 12.6 Å². The SMILES string of the molecule is C[C@@H](NC(=O)CNC(=O)[C@@H]1c2ccccc2C(=O)N1C1CC1)c1ccc(NC(=O)C2CC2)cc1. The zero-order chi connectivity index (χ0) is 23.8. The van der Waals surface area contributed by atoms with E-state index in [1.807, 2.05) is 37.3 Å². The van der Waals surface area contributed by atoms with Gasteiger partial charge in [0, 0.05) is 23.2 Å². The largest absolute Gasteiger partial charge is 0.348 e. The third-order valence-electron chi connectivity index (χ3n) is 6.61. The molecule has 2 fully saturated rings. The van der Waals surface area contributed by atoms with Crippen molar-refractivity contribution in [2.24, 2.45) is 5.92 Å². The Morgan fingerprint density at radius 2 is 1.68 bits per heavy atom. The number of amides is 4. The molecule has 0 radical (unpaired) electrons. The van der Waals surface area contributed by atoms with Crippen LogP contribution in [0.2, 0.25) is 0 Å². The predicted octanol–water partition coefficient (Wildman–Crippen LogP) is 2.69. The number of carbonyl (C=O) groups is 4. The Morgan fingerprint density at radius 1 is 0.971 bits per heavy atom. The fourth-order valence-electron chi connectivity index (χ4n) is 4.42. The number of nitrogens with zero attached hydrogens (tertiary/aromatic N) is 1. The van der Waals surface area contributed by atoms with E-state index in [0.717, 1.165) is 36.9 Å². The smallest absolute Gasteiger partial charge is 0.255 e. The second-order valence-electron chi connectivity index (χ2n) is 9.33. The summed E-state index contributed by atoms with van der Waals surface area (Å²) in [7, 11) is 0. The summed E-state index contributed by atoms with van der Waals surface area (Å²) < 4.78 is 0. The zero-order valence-corrected chi connectivity index (χ0v) is 19.0. The molecule has 8 nitrogen and oxygen atoms in total. The van der Waals surface area contributed by atoms with E-state index in [-0.39, 0.29) is 48.2 Å². The van der Waals surface area contributed by atoms with Crippen molar-refractivity contribution < 1.29 is 19.2 Å². The van der Waals surface area contributed by atoms with Crippen LogP contribution in [0.5, 0.6) is 0 Å². The third-order valence-corrected chi connectivity index (χ3v) is 6.61. The molecule has 0 bridgehead atoms. The van der Waals surface area contributed by atoms with E-state index in [4.69, 9.17) is 0 Å². The molecule has 0 saturated heterocycles. The van der Waals surface area contributed by atoms with E-state index in [1.54, 1.807) is 23.1 Å². The maximum Gasteiger partial charge on any atom is 0.255 e. The molecule has 176 valence electrons. The van der Waals surface area contributed by atoms with Crippen LogP contribution in [0, 0.1) is 5.92 Å². The normalized spacial score (nSPS) is 19.9. The summed E-state index contributed by atoms with van der Waals surface area (Å²) in [4.78, 5) is 51.9. The van der Waals surface area contributed by atoms with Crippen molar-refractivity contribution in [1.82, 2.24) is 15.5 Å². The van der Waals surface area contributed by atoms with Crippen molar-refractivity contribution >= 4 is 29.3 Å². The van der Waals surface area contributed by atoms with Gasteiger partial charge in [-0.1, -0.05) is 30.3 Å². The lowest BCUT2D eigenvalue weighted by molar-refractivity contribution is -0.129. The van der Waals surface area contributed by atoms with Crippen molar-refractivity contribution in [1.29, 1.82) is 0 Å². The van der Waals surface area contributed by atoms with Gasteiger partial charge in [0.2, 0.25) is 17.7 Å². The van der Waals surface area contributed by atoms with Gasteiger partial charge in [0.25, 0.3) is 5.91 Å². The van der Waals surface area contributed by atoms with Crippen LogP contribution in [0.15, 0.2) is 48.5 Å². The van der Waals surface area contributed by atoms with Crippen LogP contribution in [0.25, 0.3) is 0 Å². The average Bonchev–Trinajstić information content (AvgIpc) is 3.75. The molecular weight excluding hydrogens is 432 g/mol. The molecule has 34 heavy (non-hydrogen) atoms. The number of hydrogen-bond donors (Lipinski definition) is 3. The zero-order valence-electron chi connectivity index (χ0n) is 19.0. The molecule has 2 saturated carbocycles. The molecule has 1 heterocycles. The number of benzene rings is 2. The van der Waals surface area contributed by atoms with E-state index >= 15 is 0 Å². The first-order chi connectivity index (χ1) is 16.4. The van der Waals surface area contributed by atoms with Gasteiger partial charge in [-0.2, -0.15) is 0 Å². The molecule has 4 amide bonds. The number of rotatable bonds is 8. The van der Waals surface area contributed by atoms with E-state index in [1.165, 1.54) is 0 Å². The summed E-state index contributed by atoms with van der Waals surface area (Å²) in [6, 6.07) is 13.7. The van der Waals surface area contributed by atoms with Crippen molar-refractivity contribution in [3.8, 4) is 0 Å². The maximum atomic E-state index is 13.0. The molecule has 2 aliphatic carbocycles. The second kappa shape index (κ2) is 8.93. The molecule has 1 aliphatic heterocycles. The fourth-order valence-corrected chi connectivity index (χ4v) is 4.42. The lowest BCUT2D eigenvalue weighted by Gasteiger charge is -2.24. The second-order valence-corrected chi connectivity index (χ2v) is 9.33. The highest BCUT2D eigenvalue weighted by Gasteiger charge is 2.47. The molecule has 2 aromatic carbocycles. The fraction of sp³-hybridized carbons (Fsp3) is 0.385. The summed E-state index contributed by atoms with van der Waals surface area (Å²) in [5.74, 6) is -0.587. The first-order valence-corrected chi connectivity index (χ1v) is 11.8. The van der Waals surface area contributed by atoms with Crippen molar-refractivity contribution in [2.45, 2.75) is 50.7 Å². The lowest BCUT2D eigenvalue weighted by Crippen LogP contribution is -2.44. The summed E-state index contributed by atoms with van der Waals surface area (Å²) in [6.45, 7) is 1.68. The first kappa shape index (κ1) is 22.1. The van der Waals surface area contributed by atoms with Crippen molar-refractivity contribution in [3.05, 3.63) is 65.2 Å². The van der Waals surface area contributed by atoms with E-state index in [0.29, 0.717) is 11.1 Å². The highest BCUT2D eigenvalue weighted by Crippen LogP contribution is 2.41. The Morgan fingerprint density at radius 3 is 2.35 bits per heavy atom. The topological polar surface area (TPSA) is 108 Å². The summed E-state index contributed by atoms with van der Waals surface area (Å²) in [5, 5.41) is 8.49. The maximum absolute atomic E-state index is 13.0. The summed E-state index contributed by atoms with van der Waals surface area (Å²) in [5.41, 5.74) is 2.88. The van der Waals surface area contributed by atoms with Gasteiger partial charge in [-0.15, -0.1) is 0 Å². The molecule has 0 spiro atoms. The predicted molar refractivity (Wildman–Crippen MR) is 126 cm³/mol. The van der Waals surface area contributed by atoms with Crippen LogP contribution in [0.1, 0.15) is 66.2 Å². The van der Waals surface area contributed by atoms with Crippen LogP contribution < -0.4 is 16.0 Å². The van der Waals surface area contributed by atoms with Crippen LogP contribution >= 0.6 is 0 Å². The van der Waals surface area contributed by atoms with Crippen molar-refractivity contribution in [2.75, 3.05) is 11.9 Å². The summed E-state index contributed by atoms with van der Waals surface area (Å²) >= 11 is 0. The minimum Gasteiger partial charge on any atom is -0.348 e. The Balaban J connectivity index is 1.15. The van der Waals surface area contributed by atoms with Gasteiger partial charge in [-0.3, -0.25) is 19.2 Å². The van der Waals surface area contributed by atoms with Crippen molar-refractivity contribution in [3.63, 3.8) is 0 Å². The number of carbonyl (C=O) groups excluding carboxylic acids is 4. The van der Waals surface area contributed by atoms with Crippen LogP contribution in [-0.2, 0) is 14.4 Å². The van der Waals surface area contributed by atoms with Crippen LogP contribution in [-0.4, -0.2) is 41.1 Å². The van der Waals surface area contributed by atoms with Gasteiger partial charge in [-0.05, 0) is 61.9 Å². The molecule has 2 atom stereocenters. The number of anilines is 1. The average molecular weight is 461 g/mol. The minimum absolute atomic E-state index is 0.0525. The Labute approximate surface area is 198 Å². The van der Waals surface area contributed by atoms with Gasteiger partial charge in [0.1, 0.15) is 6.04 Å². The Bertz CT molecular complexity index is 1140. The quantitative estimate of drug-likeness (QED) is 0.563. The van der Waals surface area contributed by atoms with E-state index in [9.17, 15) is 19.2 Å². The monoisotopic (exact) mass is 460 g/mol.